The molecule has 0 unspecified atom stereocenters. The highest BCUT2D eigenvalue weighted by atomic mass is 32.2. The second kappa shape index (κ2) is 6.46. The normalized spacial score (nSPS) is 20.9. The first-order chi connectivity index (χ1) is 12.8. The van der Waals surface area contributed by atoms with Gasteiger partial charge in [0.15, 0.2) is 5.82 Å². The van der Waals surface area contributed by atoms with Crippen LogP contribution in [0.4, 0.5) is 5.69 Å². The summed E-state index contributed by atoms with van der Waals surface area (Å²) in [5.74, 6) is 3.02. The van der Waals surface area contributed by atoms with Crippen molar-refractivity contribution in [1.29, 1.82) is 0 Å². The number of H-pyrrole nitrogens is 1. The van der Waals surface area contributed by atoms with Crippen molar-refractivity contribution in [3.63, 3.8) is 0 Å². The van der Waals surface area contributed by atoms with E-state index in [0.29, 0.717) is 18.2 Å². The summed E-state index contributed by atoms with van der Waals surface area (Å²) in [6.07, 6.45) is 5.62. The van der Waals surface area contributed by atoms with Crippen LogP contribution in [0.5, 0.6) is 0 Å². The van der Waals surface area contributed by atoms with Crippen LogP contribution < -0.4 is 5.73 Å². The number of hydrogen-bond donors (Lipinski definition) is 2. The van der Waals surface area contributed by atoms with Gasteiger partial charge in [0.1, 0.15) is 5.04 Å². The third-order valence-electron chi connectivity index (χ3n) is 5.25. The number of aromatic nitrogens is 3. The molecule has 0 bridgehead atoms. The molecule has 1 aliphatic carbocycles. The summed E-state index contributed by atoms with van der Waals surface area (Å²) in [6, 6.07) is 8.23. The Morgan fingerprint density at radius 2 is 2.15 bits per heavy atom. The molecular formula is C19H21N5OS. The van der Waals surface area contributed by atoms with Crippen LogP contribution in [0.25, 0.3) is 10.9 Å². The zero-order valence-corrected chi connectivity index (χ0v) is 15.3. The van der Waals surface area contributed by atoms with Crippen LogP contribution in [0, 0.1) is 0 Å². The van der Waals surface area contributed by atoms with E-state index in [1.807, 2.05) is 12.1 Å². The first-order valence-corrected chi connectivity index (χ1v) is 10.2. The van der Waals surface area contributed by atoms with Gasteiger partial charge in [0.25, 0.3) is 0 Å². The second-order valence-corrected chi connectivity index (χ2v) is 8.13. The van der Waals surface area contributed by atoms with Crippen molar-refractivity contribution in [1.82, 2.24) is 15.1 Å². The van der Waals surface area contributed by atoms with Crippen LogP contribution in [0.2, 0.25) is 0 Å². The van der Waals surface area contributed by atoms with Crippen molar-refractivity contribution in [2.75, 3.05) is 11.5 Å². The number of nitrogens with two attached hydrogens (primary N) is 1. The van der Waals surface area contributed by atoms with Gasteiger partial charge in [-0.2, -0.15) is 4.98 Å². The van der Waals surface area contributed by atoms with E-state index in [1.54, 1.807) is 11.8 Å². The minimum Gasteiger partial charge on any atom is -0.397 e. The van der Waals surface area contributed by atoms with Crippen LogP contribution in [-0.4, -0.2) is 32.0 Å². The summed E-state index contributed by atoms with van der Waals surface area (Å²) in [5.41, 5.74) is 8.82. The fraction of sp³-hybridized carbons (Fsp3) is 0.421. The molecule has 6 nitrogen and oxygen atoms in total. The summed E-state index contributed by atoms with van der Waals surface area (Å²) >= 11 is 1.76. The maximum Gasteiger partial charge on any atom is 0.228 e. The number of hydrogen-bond acceptors (Lipinski definition) is 6. The number of aromatic amines is 1. The SMILES string of the molecule is Nc1cccc2cc(C3=N[C@H](Cc4nc(C5CCCC5)no4)CS3)[nH]c12. The minimum atomic E-state index is 0.177. The Morgan fingerprint density at radius 3 is 3.00 bits per heavy atom. The third kappa shape index (κ3) is 2.90. The zero-order chi connectivity index (χ0) is 17.5. The Morgan fingerprint density at radius 1 is 1.27 bits per heavy atom. The molecule has 1 aliphatic heterocycles. The number of aliphatic imine (C=N–C) groups is 1. The topological polar surface area (TPSA) is 93.1 Å². The van der Waals surface area contributed by atoms with Crippen LogP contribution in [-0.2, 0) is 6.42 Å². The zero-order valence-electron chi connectivity index (χ0n) is 14.4. The summed E-state index contributed by atoms with van der Waals surface area (Å²) in [4.78, 5) is 12.9. The van der Waals surface area contributed by atoms with Gasteiger partial charge in [0, 0.05) is 17.1 Å². The van der Waals surface area contributed by atoms with E-state index in [-0.39, 0.29) is 6.04 Å². The molecule has 0 saturated heterocycles. The van der Waals surface area contributed by atoms with E-state index in [9.17, 15) is 0 Å². The Hall–Kier alpha value is -2.28. The standard InChI is InChI=1S/C19H21N5OS/c20-14-7-3-6-12-8-15(22-17(12)14)19-21-13(10-26-19)9-16-23-18(24-25-16)11-4-1-2-5-11/h3,6-8,11,13,22H,1-2,4-5,9-10,20H2/t13-/m1/s1. The predicted octanol–water partition coefficient (Wildman–Crippen LogP) is 3.90. The first-order valence-electron chi connectivity index (χ1n) is 9.17. The summed E-state index contributed by atoms with van der Waals surface area (Å²) in [6.45, 7) is 0. The molecule has 1 atom stereocenters. The lowest BCUT2D eigenvalue weighted by molar-refractivity contribution is 0.364. The van der Waals surface area contributed by atoms with Gasteiger partial charge in [-0.3, -0.25) is 4.99 Å². The predicted molar refractivity (Wildman–Crippen MR) is 105 cm³/mol. The van der Waals surface area contributed by atoms with Crippen LogP contribution >= 0.6 is 11.8 Å². The summed E-state index contributed by atoms with van der Waals surface area (Å²) in [5, 5.41) is 6.34. The van der Waals surface area contributed by atoms with Crippen molar-refractivity contribution in [3.05, 3.63) is 41.7 Å². The van der Waals surface area contributed by atoms with Crippen LogP contribution in [0.3, 0.4) is 0 Å². The molecular weight excluding hydrogens is 346 g/mol. The fourth-order valence-corrected chi connectivity index (χ4v) is 4.90. The Bertz CT molecular complexity index is 969. The van der Waals surface area contributed by atoms with Crippen molar-refractivity contribution in [2.24, 2.45) is 4.99 Å². The monoisotopic (exact) mass is 367 g/mol. The molecule has 0 amide bonds. The Labute approximate surface area is 155 Å². The first kappa shape index (κ1) is 15.9. The van der Waals surface area contributed by atoms with Crippen molar-refractivity contribution >= 4 is 33.4 Å². The van der Waals surface area contributed by atoms with Crippen LogP contribution in [0.1, 0.15) is 49.0 Å². The van der Waals surface area contributed by atoms with E-state index in [4.69, 9.17) is 15.2 Å². The number of thioether (sulfide) groups is 1. The number of nitrogens with one attached hydrogen (secondary N) is 1. The van der Waals surface area contributed by atoms with Gasteiger partial charge >= 0.3 is 0 Å². The van der Waals surface area contributed by atoms with Gasteiger partial charge in [-0.15, -0.1) is 11.8 Å². The molecule has 2 aromatic heterocycles. The van der Waals surface area contributed by atoms with E-state index in [1.165, 1.54) is 25.7 Å². The summed E-state index contributed by atoms with van der Waals surface area (Å²) in [7, 11) is 0. The lowest BCUT2D eigenvalue weighted by Crippen LogP contribution is -2.08. The Kier molecular flexibility index (Phi) is 3.96. The third-order valence-corrected chi connectivity index (χ3v) is 6.40. The average Bonchev–Trinajstić information content (AvgIpc) is 3.42. The van der Waals surface area contributed by atoms with Gasteiger partial charge in [-0.1, -0.05) is 30.1 Å². The van der Waals surface area contributed by atoms with Gasteiger partial charge in [-0.25, -0.2) is 0 Å². The highest BCUT2D eigenvalue weighted by molar-refractivity contribution is 8.14. The number of nitrogens with zero attached hydrogens (tertiary/aromatic N) is 3. The molecule has 7 heteroatoms. The molecule has 134 valence electrons. The van der Waals surface area contributed by atoms with Gasteiger partial charge < -0.3 is 15.2 Å². The number of fused-ring (bicyclic) bond motifs is 1. The average molecular weight is 367 g/mol. The fourth-order valence-electron chi connectivity index (χ4n) is 3.86. The lowest BCUT2D eigenvalue weighted by atomic mass is 10.1. The largest absolute Gasteiger partial charge is 0.397 e. The molecule has 26 heavy (non-hydrogen) atoms. The Balaban J connectivity index is 1.32. The second-order valence-electron chi connectivity index (χ2n) is 7.13. The molecule has 0 spiro atoms. The van der Waals surface area contributed by atoms with Gasteiger partial charge in [-0.05, 0) is 25.0 Å². The van der Waals surface area contributed by atoms with Crippen molar-refractivity contribution in [2.45, 2.75) is 44.1 Å². The molecule has 1 saturated carbocycles. The molecule has 3 aromatic rings. The highest BCUT2D eigenvalue weighted by Gasteiger charge is 2.26. The lowest BCUT2D eigenvalue weighted by Gasteiger charge is -2.01. The molecule has 3 N–H and O–H groups in total. The highest BCUT2D eigenvalue weighted by Crippen LogP contribution is 2.33. The number of rotatable bonds is 4. The molecule has 1 fully saturated rings. The molecule has 3 heterocycles. The number of benzene rings is 1. The molecule has 1 aromatic carbocycles. The maximum atomic E-state index is 6.05. The maximum absolute atomic E-state index is 6.05. The molecule has 5 rings (SSSR count). The van der Waals surface area contributed by atoms with E-state index in [2.05, 4.69) is 27.3 Å². The number of anilines is 1. The van der Waals surface area contributed by atoms with Crippen molar-refractivity contribution in [3.8, 4) is 0 Å². The smallest absolute Gasteiger partial charge is 0.228 e. The van der Waals surface area contributed by atoms with E-state index >= 15 is 0 Å². The van der Waals surface area contributed by atoms with Gasteiger partial charge in [0.05, 0.1) is 29.4 Å². The van der Waals surface area contributed by atoms with Gasteiger partial charge in [0.2, 0.25) is 5.89 Å². The quantitative estimate of drug-likeness (QED) is 0.682. The van der Waals surface area contributed by atoms with Crippen molar-refractivity contribution < 1.29 is 4.52 Å². The number of para-hydroxylation sites is 1. The molecule has 2 aliphatic rings. The molecule has 0 radical (unpaired) electrons. The van der Waals surface area contributed by atoms with E-state index in [0.717, 1.165) is 38.9 Å². The van der Waals surface area contributed by atoms with E-state index < -0.39 is 0 Å². The van der Waals surface area contributed by atoms with Crippen LogP contribution in [0.15, 0.2) is 33.8 Å². The number of nitrogen functional groups attached to an aromatic ring is 1. The summed E-state index contributed by atoms with van der Waals surface area (Å²) < 4.78 is 5.48. The minimum absolute atomic E-state index is 0.177.